The third-order valence-electron chi connectivity index (χ3n) is 5.08. The van der Waals surface area contributed by atoms with E-state index >= 15 is 0 Å². The molecule has 9 nitrogen and oxygen atoms in total. The highest BCUT2D eigenvalue weighted by Crippen LogP contribution is 2.26. The fourth-order valence-corrected chi connectivity index (χ4v) is 3.83. The zero-order chi connectivity index (χ0) is 23.2. The van der Waals surface area contributed by atoms with Gasteiger partial charge in [0.25, 0.3) is 0 Å². The van der Waals surface area contributed by atoms with Crippen LogP contribution in [0.25, 0.3) is 0 Å². The van der Waals surface area contributed by atoms with Crippen molar-refractivity contribution in [2.75, 3.05) is 60.9 Å². The van der Waals surface area contributed by atoms with Crippen LogP contribution in [0, 0.1) is 6.92 Å². The van der Waals surface area contributed by atoms with E-state index in [-0.39, 0.29) is 0 Å². The normalized spacial score (nSPS) is 13.9. The molecule has 33 heavy (non-hydrogen) atoms. The maximum atomic E-state index is 5.46. The van der Waals surface area contributed by atoms with E-state index in [9.17, 15) is 0 Å². The number of benzene rings is 2. The summed E-state index contributed by atoms with van der Waals surface area (Å²) in [5.41, 5.74) is 7.08. The van der Waals surface area contributed by atoms with Crippen molar-refractivity contribution in [3.05, 3.63) is 58.1 Å². The predicted molar refractivity (Wildman–Crippen MR) is 137 cm³/mol. The van der Waals surface area contributed by atoms with Gasteiger partial charge >= 0.3 is 0 Å². The second kappa shape index (κ2) is 10.6. The lowest BCUT2D eigenvalue weighted by atomic mass is 10.2. The van der Waals surface area contributed by atoms with Gasteiger partial charge in [-0.3, -0.25) is 0 Å². The highest BCUT2D eigenvalue weighted by molar-refractivity contribution is 9.10. The number of hydrazone groups is 1. The van der Waals surface area contributed by atoms with Crippen LogP contribution in [-0.4, -0.2) is 61.6 Å². The smallest absolute Gasteiger partial charge is 0.250 e. The topological polar surface area (TPSA) is 90.8 Å². The molecular formula is C23H27BrN8O. The minimum absolute atomic E-state index is 0.360. The molecule has 2 heterocycles. The summed E-state index contributed by atoms with van der Waals surface area (Å²) in [7, 11) is 4.02. The van der Waals surface area contributed by atoms with Crippen molar-refractivity contribution in [2.24, 2.45) is 5.10 Å². The van der Waals surface area contributed by atoms with Gasteiger partial charge in [-0.1, -0.05) is 18.2 Å². The minimum atomic E-state index is 0.360. The Balaban J connectivity index is 1.55. The standard InChI is InChI=1S/C23H27BrN8O/c1-16-4-9-20(19(24)14-16)26-21-27-22(29-23(28-21)32-10-12-33-13-11-32)30-25-15-17-5-7-18(8-6-17)31(2)3/h4-9,14-15H,10-13H2,1-3H3,(H2,26,27,28,29,30). The summed E-state index contributed by atoms with van der Waals surface area (Å²) in [4.78, 5) is 17.8. The first kappa shape index (κ1) is 22.9. The van der Waals surface area contributed by atoms with Gasteiger partial charge in [0.05, 0.1) is 25.1 Å². The Morgan fingerprint density at radius 1 is 1.03 bits per heavy atom. The summed E-state index contributed by atoms with van der Waals surface area (Å²) in [5.74, 6) is 1.37. The number of anilines is 5. The fraction of sp³-hybridized carbons (Fsp3) is 0.304. The molecule has 0 spiro atoms. The molecule has 1 aliphatic rings. The number of hydrogen-bond acceptors (Lipinski definition) is 9. The molecule has 0 saturated carbocycles. The molecule has 10 heteroatoms. The van der Waals surface area contributed by atoms with Crippen LogP contribution >= 0.6 is 15.9 Å². The lowest BCUT2D eigenvalue weighted by molar-refractivity contribution is 0.122. The lowest BCUT2D eigenvalue weighted by Crippen LogP contribution is -2.37. The van der Waals surface area contributed by atoms with Crippen molar-refractivity contribution in [2.45, 2.75) is 6.92 Å². The Morgan fingerprint density at radius 2 is 1.76 bits per heavy atom. The van der Waals surface area contributed by atoms with Crippen LogP contribution in [0.1, 0.15) is 11.1 Å². The molecule has 172 valence electrons. The lowest BCUT2D eigenvalue weighted by Gasteiger charge is -2.27. The Morgan fingerprint density at radius 3 is 2.45 bits per heavy atom. The second-order valence-electron chi connectivity index (χ2n) is 7.85. The van der Waals surface area contributed by atoms with E-state index in [4.69, 9.17) is 4.74 Å². The number of aryl methyl sites for hydroxylation is 1. The van der Waals surface area contributed by atoms with Gasteiger partial charge in [0.15, 0.2) is 0 Å². The Labute approximate surface area is 202 Å². The van der Waals surface area contributed by atoms with Gasteiger partial charge in [-0.15, -0.1) is 0 Å². The van der Waals surface area contributed by atoms with E-state index in [2.05, 4.69) is 56.5 Å². The fourth-order valence-electron chi connectivity index (χ4n) is 3.24. The van der Waals surface area contributed by atoms with Crippen LogP contribution < -0.4 is 20.5 Å². The van der Waals surface area contributed by atoms with Gasteiger partial charge in [0, 0.05) is 37.3 Å². The number of halogens is 1. The van der Waals surface area contributed by atoms with Crippen LogP contribution in [0.3, 0.4) is 0 Å². The molecule has 2 aromatic carbocycles. The maximum Gasteiger partial charge on any atom is 0.250 e. The largest absolute Gasteiger partial charge is 0.378 e. The molecular weight excluding hydrogens is 484 g/mol. The number of morpholine rings is 1. The first-order chi connectivity index (χ1) is 16.0. The molecule has 3 aromatic rings. The number of nitrogens with zero attached hydrogens (tertiary/aromatic N) is 6. The summed E-state index contributed by atoms with van der Waals surface area (Å²) in [6, 6.07) is 14.2. The van der Waals surface area contributed by atoms with Crippen LogP contribution in [0.4, 0.5) is 29.2 Å². The van der Waals surface area contributed by atoms with E-state index < -0.39 is 0 Å². The van der Waals surface area contributed by atoms with Crippen LogP contribution in [0.2, 0.25) is 0 Å². The molecule has 4 rings (SSSR count). The third-order valence-corrected chi connectivity index (χ3v) is 5.73. The van der Waals surface area contributed by atoms with Gasteiger partial charge < -0.3 is 19.9 Å². The Hall–Kier alpha value is -3.24. The summed E-state index contributed by atoms with van der Waals surface area (Å²) in [6.45, 7) is 4.77. The molecule has 2 N–H and O–H groups in total. The van der Waals surface area contributed by atoms with E-state index in [0.29, 0.717) is 31.1 Å². The van der Waals surface area contributed by atoms with Crippen molar-refractivity contribution in [3.8, 4) is 0 Å². The third kappa shape index (κ3) is 6.17. The summed E-state index contributed by atoms with van der Waals surface area (Å²) >= 11 is 3.60. The predicted octanol–water partition coefficient (Wildman–Crippen LogP) is 4.03. The number of aromatic nitrogens is 3. The van der Waals surface area contributed by atoms with Crippen LogP contribution in [0.15, 0.2) is 52.0 Å². The highest BCUT2D eigenvalue weighted by atomic mass is 79.9. The average molecular weight is 511 g/mol. The quantitative estimate of drug-likeness (QED) is 0.363. The first-order valence-electron chi connectivity index (χ1n) is 10.7. The number of rotatable bonds is 7. The van der Waals surface area contributed by atoms with Crippen LogP contribution in [-0.2, 0) is 4.74 Å². The number of hydrogen-bond donors (Lipinski definition) is 2. The van der Waals surface area contributed by atoms with Gasteiger partial charge in [-0.05, 0) is 58.2 Å². The summed E-state index contributed by atoms with van der Waals surface area (Å²) in [5, 5.41) is 7.61. The maximum absolute atomic E-state index is 5.46. The summed E-state index contributed by atoms with van der Waals surface area (Å²) < 4.78 is 6.40. The van der Waals surface area contributed by atoms with Gasteiger partial charge in [-0.2, -0.15) is 20.1 Å². The average Bonchev–Trinajstić information content (AvgIpc) is 2.82. The molecule has 0 amide bonds. The van der Waals surface area contributed by atoms with Gasteiger partial charge in [0.1, 0.15) is 0 Å². The molecule has 0 atom stereocenters. The van der Waals surface area contributed by atoms with Crippen molar-refractivity contribution in [1.29, 1.82) is 0 Å². The van der Waals surface area contributed by atoms with Crippen molar-refractivity contribution < 1.29 is 4.74 Å². The minimum Gasteiger partial charge on any atom is -0.378 e. The SMILES string of the molecule is Cc1ccc(Nc2nc(NN=Cc3ccc(N(C)C)cc3)nc(N3CCOCC3)n2)c(Br)c1. The van der Waals surface area contributed by atoms with Gasteiger partial charge in [0.2, 0.25) is 17.8 Å². The molecule has 1 aliphatic heterocycles. The Bertz CT molecular complexity index is 1110. The molecule has 0 aliphatic carbocycles. The highest BCUT2D eigenvalue weighted by Gasteiger charge is 2.17. The summed E-state index contributed by atoms with van der Waals surface area (Å²) in [6.07, 6.45) is 1.74. The number of nitrogens with one attached hydrogen (secondary N) is 2. The molecule has 1 saturated heterocycles. The van der Waals surface area contributed by atoms with E-state index in [1.807, 2.05) is 63.5 Å². The van der Waals surface area contributed by atoms with Gasteiger partial charge in [-0.25, -0.2) is 5.43 Å². The molecule has 0 unspecified atom stereocenters. The van der Waals surface area contributed by atoms with Crippen molar-refractivity contribution >= 4 is 51.4 Å². The monoisotopic (exact) mass is 510 g/mol. The molecule has 1 aromatic heterocycles. The molecule has 1 fully saturated rings. The van der Waals surface area contributed by atoms with E-state index in [0.717, 1.165) is 40.1 Å². The van der Waals surface area contributed by atoms with Crippen molar-refractivity contribution in [3.63, 3.8) is 0 Å². The first-order valence-corrected chi connectivity index (χ1v) is 11.5. The second-order valence-corrected chi connectivity index (χ2v) is 8.70. The Kier molecular flexibility index (Phi) is 7.36. The van der Waals surface area contributed by atoms with E-state index in [1.165, 1.54) is 0 Å². The zero-order valence-corrected chi connectivity index (χ0v) is 20.5. The number of ether oxygens (including phenoxy) is 1. The van der Waals surface area contributed by atoms with Crippen LogP contribution in [0.5, 0.6) is 0 Å². The molecule has 0 radical (unpaired) electrons. The van der Waals surface area contributed by atoms with Crippen molar-refractivity contribution in [1.82, 2.24) is 15.0 Å². The molecule has 0 bridgehead atoms. The zero-order valence-electron chi connectivity index (χ0n) is 18.9. The van der Waals surface area contributed by atoms with E-state index in [1.54, 1.807) is 6.21 Å².